The minimum atomic E-state index is -0.384. The van der Waals surface area contributed by atoms with Crippen molar-refractivity contribution in [1.82, 2.24) is 5.43 Å². The minimum absolute atomic E-state index is 0.174. The Hall–Kier alpha value is -2.05. The van der Waals surface area contributed by atoms with Gasteiger partial charge in [0, 0.05) is 5.02 Å². The molecule has 0 aromatic heterocycles. The molecular weight excluding hydrogens is 384 g/mol. The van der Waals surface area contributed by atoms with Gasteiger partial charge in [0.2, 0.25) is 0 Å². The number of nitrogens with zero attached hydrogens (tertiary/aromatic N) is 1. The van der Waals surface area contributed by atoms with Crippen LogP contribution in [-0.2, 0) is 4.79 Å². The van der Waals surface area contributed by atoms with Crippen LogP contribution >= 0.6 is 27.5 Å². The lowest BCUT2D eigenvalue weighted by Gasteiger charge is -2.08. The van der Waals surface area contributed by atoms with Gasteiger partial charge in [-0.3, -0.25) is 4.79 Å². The SMILES string of the molecule is CC(=NNC(=O)COc1ccc(Cl)cc1Br)c1ccc(O)cc1. The number of carbonyl (C=O) groups excluding carboxylic acids is 1. The second kappa shape index (κ2) is 7.99. The van der Waals surface area contributed by atoms with E-state index in [2.05, 4.69) is 26.5 Å². The Morgan fingerprint density at radius 3 is 2.65 bits per heavy atom. The highest BCUT2D eigenvalue weighted by Crippen LogP contribution is 2.27. The molecule has 0 aliphatic carbocycles. The fourth-order valence-corrected chi connectivity index (χ4v) is 2.48. The van der Waals surface area contributed by atoms with Gasteiger partial charge in [0.1, 0.15) is 11.5 Å². The Bertz CT molecular complexity index is 733. The normalized spacial score (nSPS) is 11.2. The molecule has 23 heavy (non-hydrogen) atoms. The highest BCUT2D eigenvalue weighted by molar-refractivity contribution is 9.10. The smallest absolute Gasteiger partial charge is 0.277 e. The quantitative estimate of drug-likeness (QED) is 0.596. The molecule has 0 aliphatic heterocycles. The summed E-state index contributed by atoms with van der Waals surface area (Å²) in [4.78, 5) is 11.8. The summed E-state index contributed by atoms with van der Waals surface area (Å²) in [5.74, 6) is 0.307. The van der Waals surface area contributed by atoms with Crippen LogP contribution in [0.1, 0.15) is 12.5 Å². The summed E-state index contributed by atoms with van der Waals surface area (Å²) in [7, 11) is 0. The van der Waals surface area contributed by atoms with Gasteiger partial charge in [-0.2, -0.15) is 5.10 Å². The van der Waals surface area contributed by atoms with Crippen LogP contribution in [0.25, 0.3) is 0 Å². The zero-order valence-corrected chi connectivity index (χ0v) is 14.6. The molecule has 0 saturated heterocycles. The van der Waals surface area contributed by atoms with Crippen molar-refractivity contribution in [2.45, 2.75) is 6.92 Å². The molecule has 0 fully saturated rings. The largest absolute Gasteiger partial charge is 0.508 e. The molecule has 2 rings (SSSR count). The summed E-state index contributed by atoms with van der Waals surface area (Å²) >= 11 is 9.14. The summed E-state index contributed by atoms with van der Waals surface area (Å²) < 4.78 is 6.06. The van der Waals surface area contributed by atoms with E-state index >= 15 is 0 Å². The highest BCUT2D eigenvalue weighted by atomic mass is 79.9. The van der Waals surface area contributed by atoms with Gasteiger partial charge in [0.05, 0.1) is 10.2 Å². The Balaban J connectivity index is 1.89. The number of carbonyl (C=O) groups is 1. The van der Waals surface area contributed by atoms with E-state index < -0.39 is 0 Å². The number of hydrogen-bond donors (Lipinski definition) is 2. The number of amides is 1. The Morgan fingerprint density at radius 1 is 1.30 bits per heavy atom. The van der Waals surface area contributed by atoms with Crippen molar-refractivity contribution >= 4 is 39.1 Å². The van der Waals surface area contributed by atoms with E-state index in [4.69, 9.17) is 16.3 Å². The van der Waals surface area contributed by atoms with Gasteiger partial charge in [-0.05, 0) is 70.9 Å². The first-order valence-corrected chi connectivity index (χ1v) is 7.83. The van der Waals surface area contributed by atoms with Crippen LogP contribution in [0.5, 0.6) is 11.5 Å². The maximum absolute atomic E-state index is 11.8. The van der Waals surface area contributed by atoms with Crippen LogP contribution < -0.4 is 10.2 Å². The van der Waals surface area contributed by atoms with E-state index in [0.29, 0.717) is 21.0 Å². The number of rotatable bonds is 5. The highest BCUT2D eigenvalue weighted by Gasteiger charge is 2.06. The molecule has 2 aromatic carbocycles. The molecule has 0 spiro atoms. The average molecular weight is 398 g/mol. The fraction of sp³-hybridized carbons (Fsp3) is 0.125. The third-order valence-electron chi connectivity index (χ3n) is 2.89. The van der Waals surface area contributed by atoms with Gasteiger partial charge in [-0.1, -0.05) is 11.6 Å². The molecule has 0 bridgehead atoms. The lowest BCUT2D eigenvalue weighted by Crippen LogP contribution is -2.25. The predicted octanol–water partition coefficient (Wildman–Crippen LogP) is 3.73. The number of benzene rings is 2. The van der Waals surface area contributed by atoms with Gasteiger partial charge >= 0.3 is 0 Å². The Morgan fingerprint density at radius 2 is 2.00 bits per heavy atom. The molecule has 0 unspecified atom stereocenters. The number of phenols is 1. The first-order chi connectivity index (χ1) is 11.0. The second-order valence-corrected chi connectivity index (χ2v) is 5.93. The van der Waals surface area contributed by atoms with E-state index in [9.17, 15) is 9.90 Å². The van der Waals surface area contributed by atoms with Crippen LogP contribution in [0.15, 0.2) is 52.0 Å². The van der Waals surface area contributed by atoms with Crippen molar-refractivity contribution < 1.29 is 14.6 Å². The first kappa shape index (κ1) is 17.3. The molecule has 5 nitrogen and oxygen atoms in total. The van der Waals surface area contributed by atoms with Crippen molar-refractivity contribution in [3.05, 3.63) is 57.5 Å². The Labute approximate surface area is 147 Å². The van der Waals surface area contributed by atoms with Crippen molar-refractivity contribution in [2.24, 2.45) is 5.10 Å². The number of ether oxygens (including phenoxy) is 1. The molecule has 0 saturated carbocycles. The van der Waals surface area contributed by atoms with Gasteiger partial charge in [0.15, 0.2) is 6.61 Å². The third kappa shape index (κ3) is 5.26. The molecule has 2 N–H and O–H groups in total. The van der Waals surface area contributed by atoms with Crippen molar-refractivity contribution in [2.75, 3.05) is 6.61 Å². The zero-order valence-electron chi connectivity index (χ0n) is 12.2. The topological polar surface area (TPSA) is 70.9 Å². The van der Waals surface area contributed by atoms with E-state index in [0.717, 1.165) is 5.56 Å². The molecule has 7 heteroatoms. The fourth-order valence-electron chi connectivity index (χ4n) is 1.68. The second-order valence-electron chi connectivity index (χ2n) is 4.64. The van der Waals surface area contributed by atoms with Gasteiger partial charge < -0.3 is 9.84 Å². The maximum Gasteiger partial charge on any atom is 0.277 e. The monoisotopic (exact) mass is 396 g/mol. The number of phenolic OH excluding ortho intramolecular Hbond substituents is 1. The molecule has 0 atom stereocenters. The van der Waals surface area contributed by atoms with Crippen molar-refractivity contribution in [1.29, 1.82) is 0 Å². The van der Waals surface area contributed by atoms with Gasteiger partial charge in [-0.15, -0.1) is 0 Å². The van der Waals surface area contributed by atoms with Crippen molar-refractivity contribution in [3.8, 4) is 11.5 Å². The Kier molecular flexibility index (Phi) is 6.01. The summed E-state index contributed by atoms with van der Waals surface area (Å²) in [6.07, 6.45) is 0. The van der Waals surface area contributed by atoms with E-state index in [1.807, 2.05) is 0 Å². The summed E-state index contributed by atoms with van der Waals surface area (Å²) in [5.41, 5.74) is 3.83. The first-order valence-electron chi connectivity index (χ1n) is 6.66. The van der Waals surface area contributed by atoms with E-state index in [1.165, 1.54) is 0 Å². The van der Waals surface area contributed by atoms with E-state index in [-0.39, 0.29) is 18.3 Å². The number of nitrogens with one attached hydrogen (secondary N) is 1. The summed E-state index contributed by atoms with van der Waals surface area (Å²) in [6, 6.07) is 11.6. The number of hydrogen-bond acceptors (Lipinski definition) is 4. The molecule has 1 amide bonds. The predicted molar refractivity (Wildman–Crippen MR) is 93.1 cm³/mol. The summed E-state index contributed by atoms with van der Waals surface area (Å²) in [5, 5.41) is 13.8. The molecule has 0 radical (unpaired) electrons. The number of hydrazone groups is 1. The minimum Gasteiger partial charge on any atom is -0.508 e. The summed E-state index contributed by atoms with van der Waals surface area (Å²) in [6.45, 7) is 1.58. The zero-order chi connectivity index (χ0) is 16.8. The molecule has 120 valence electrons. The van der Waals surface area contributed by atoms with E-state index in [1.54, 1.807) is 49.4 Å². The maximum atomic E-state index is 11.8. The lowest BCUT2D eigenvalue weighted by molar-refractivity contribution is -0.123. The number of halogens is 2. The molecular formula is C16H14BrClN2O3. The molecule has 2 aromatic rings. The van der Waals surface area contributed by atoms with Gasteiger partial charge in [0.25, 0.3) is 5.91 Å². The average Bonchev–Trinajstić information content (AvgIpc) is 2.52. The van der Waals surface area contributed by atoms with Crippen LogP contribution in [-0.4, -0.2) is 23.3 Å². The third-order valence-corrected chi connectivity index (χ3v) is 3.74. The van der Waals surface area contributed by atoms with Crippen LogP contribution in [0, 0.1) is 0 Å². The van der Waals surface area contributed by atoms with Crippen LogP contribution in [0.3, 0.4) is 0 Å². The number of aromatic hydroxyl groups is 1. The lowest BCUT2D eigenvalue weighted by atomic mass is 10.1. The molecule has 0 heterocycles. The standard InChI is InChI=1S/C16H14BrClN2O3/c1-10(11-2-5-13(21)6-3-11)19-20-16(22)9-23-15-7-4-12(18)8-14(15)17/h2-8,21H,9H2,1H3,(H,20,22). The molecule has 0 aliphatic rings. The van der Waals surface area contributed by atoms with Gasteiger partial charge in [-0.25, -0.2) is 5.43 Å². The van der Waals surface area contributed by atoms with Crippen LogP contribution in [0.2, 0.25) is 5.02 Å². The van der Waals surface area contributed by atoms with Crippen LogP contribution in [0.4, 0.5) is 0 Å². The van der Waals surface area contributed by atoms with Crippen molar-refractivity contribution in [3.63, 3.8) is 0 Å².